The van der Waals surface area contributed by atoms with E-state index >= 15 is 0 Å². The third-order valence-corrected chi connectivity index (χ3v) is 6.97. The van der Waals surface area contributed by atoms with Crippen LogP contribution in [0.15, 0.2) is 54.2 Å². The maximum Gasteiger partial charge on any atom is 0.131 e. The van der Waals surface area contributed by atoms with Gasteiger partial charge < -0.3 is 0 Å². The highest BCUT2D eigenvalue weighted by Gasteiger charge is 2.24. The molecular weight excluding hydrogens is 315 g/mol. The van der Waals surface area contributed by atoms with Crippen LogP contribution in [0.5, 0.6) is 0 Å². The van der Waals surface area contributed by atoms with E-state index in [1.54, 1.807) is 12.1 Å². The van der Waals surface area contributed by atoms with Gasteiger partial charge >= 0.3 is 0 Å². The van der Waals surface area contributed by atoms with Crippen LogP contribution in [0.3, 0.4) is 0 Å². The lowest BCUT2D eigenvalue weighted by atomic mass is 9.99. The summed E-state index contributed by atoms with van der Waals surface area (Å²) >= 11 is 0. The third-order valence-electron chi connectivity index (χ3n) is 3.77. The summed E-state index contributed by atoms with van der Waals surface area (Å²) in [6.07, 6.45) is 0. The molecule has 0 aliphatic rings. The van der Waals surface area contributed by atoms with Crippen molar-refractivity contribution in [2.75, 3.05) is 0 Å². The second-order valence-electron chi connectivity index (χ2n) is 8.20. The molecule has 0 aliphatic heterocycles. The van der Waals surface area contributed by atoms with Gasteiger partial charge in [-0.15, -0.1) is 0 Å². The van der Waals surface area contributed by atoms with Crippen LogP contribution in [0.1, 0.15) is 11.1 Å². The first-order valence-electron chi connectivity index (χ1n) is 8.17. The van der Waals surface area contributed by atoms with E-state index in [9.17, 15) is 4.39 Å². The Morgan fingerprint density at radius 3 is 1.83 bits per heavy atom. The number of hydrogen-bond donors (Lipinski definition) is 0. The molecule has 3 heteroatoms. The summed E-state index contributed by atoms with van der Waals surface area (Å²) in [5.74, 6) is -0.137. The zero-order valence-corrected chi connectivity index (χ0v) is 17.1. The Morgan fingerprint density at radius 1 is 0.783 bits per heavy atom. The number of rotatable bonds is 4. The van der Waals surface area contributed by atoms with Crippen molar-refractivity contribution in [2.24, 2.45) is 0 Å². The molecule has 0 fully saturated rings. The summed E-state index contributed by atoms with van der Waals surface area (Å²) in [4.78, 5) is 0. The maximum atomic E-state index is 14.5. The first-order valence-corrected chi connectivity index (χ1v) is 15.2. The summed E-state index contributed by atoms with van der Waals surface area (Å²) in [6.45, 7) is 13.9. The molecule has 0 nitrogen and oxygen atoms in total. The molecule has 0 amide bonds. The van der Waals surface area contributed by atoms with Gasteiger partial charge in [0, 0.05) is 5.56 Å². The van der Waals surface area contributed by atoms with E-state index in [1.807, 2.05) is 12.1 Å². The van der Waals surface area contributed by atoms with Gasteiger partial charge in [0.05, 0.1) is 16.1 Å². The molecule has 0 aromatic heterocycles. The molecule has 0 N–H and O–H groups in total. The fraction of sp³-hybridized carbons (Fsp3) is 0.300. The first-order chi connectivity index (χ1) is 10.6. The summed E-state index contributed by atoms with van der Waals surface area (Å²) in [6, 6.07) is 15.7. The minimum absolute atomic E-state index is 0.137. The Balaban J connectivity index is 2.76. The Hall–Kier alpha value is -1.46. The standard InChI is InChI=1S/C20H27FSi2/c1-22(2,3)15-18(16-11-7-9-13-19(16)21)17-12-8-10-14-20(17)23(4,5)6/h7-15H,1-6H3. The summed E-state index contributed by atoms with van der Waals surface area (Å²) in [7, 11) is -3.02. The quantitative estimate of drug-likeness (QED) is 0.627. The number of hydrogen-bond acceptors (Lipinski definition) is 0. The molecule has 0 radical (unpaired) electrons. The highest BCUT2D eigenvalue weighted by atomic mass is 28.3. The van der Waals surface area contributed by atoms with Gasteiger partial charge in [0.15, 0.2) is 0 Å². The van der Waals surface area contributed by atoms with E-state index in [0.717, 1.165) is 11.1 Å². The van der Waals surface area contributed by atoms with Crippen molar-refractivity contribution in [2.45, 2.75) is 39.3 Å². The highest BCUT2D eigenvalue weighted by Crippen LogP contribution is 2.28. The van der Waals surface area contributed by atoms with Crippen LogP contribution in [0.25, 0.3) is 5.57 Å². The zero-order valence-electron chi connectivity index (χ0n) is 15.1. The van der Waals surface area contributed by atoms with Crippen molar-refractivity contribution in [3.05, 3.63) is 71.2 Å². The van der Waals surface area contributed by atoms with Gasteiger partial charge in [-0.05, 0) is 17.2 Å². The molecule has 0 saturated carbocycles. The van der Waals surface area contributed by atoms with Crippen LogP contribution >= 0.6 is 0 Å². The summed E-state index contributed by atoms with van der Waals surface area (Å²) < 4.78 is 14.5. The fourth-order valence-electron chi connectivity index (χ4n) is 2.79. The number of halogens is 1. The molecule has 0 aliphatic carbocycles. The Labute approximate surface area is 142 Å². The van der Waals surface area contributed by atoms with E-state index in [1.165, 1.54) is 10.8 Å². The lowest BCUT2D eigenvalue weighted by Gasteiger charge is -2.24. The smallest absolute Gasteiger partial charge is 0.131 e. The van der Waals surface area contributed by atoms with Crippen molar-refractivity contribution in [3.8, 4) is 0 Å². The highest BCUT2D eigenvalue weighted by molar-refractivity contribution is 6.89. The lowest BCUT2D eigenvalue weighted by molar-refractivity contribution is 0.624. The molecule has 0 spiro atoms. The molecule has 0 bridgehead atoms. The monoisotopic (exact) mass is 342 g/mol. The van der Waals surface area contributed by atoms with Crippen LogP contribution in [0, 0.1) is 5.82 Å². The third kappa shape index (κ3) is 4.52. The van der Waals surface area contributed by atoms with Gasteiger partial charge in [-0.25, -0.2) is 4.39 Å². The van der Waals surface area contributed by atoms with Crippen molar-refractivity contribution in [1.29, 1.82) is 0 Å². The first kappa shape index (κ1) is 17.9. The van der Waals surface area contributed by atoms with Gasteiger partial charge in [-0.1, -0.05) is 92.6 Å². The Morgan fingerprint density at radius 2 is 1.30 bits per heavy atom. The fourth-order valence-corrected chi connectivity index (χ4v) is 5.58. The van der Waals surface area contributed by atoms with Gasteiger partial charge in [0.25, 0.3) is 0 Å². The molecule has 23 heavy (non-hydrogen) atoms. The molecule has 2 aromatic carbocycles. The van der Waals surface area contributed by atoms with Gasteiger partial charge in [0.2, 0.25) is 0 Å². The Kier molecular flexibility index (Phi) is 5.12. The predicted molar refractivity (Wildman–Crippen MR) is 106 cm³/mol. The minimum atomic E-state index is -1.51. The van der Waals surface area contributed by atoms with E-state index in [2.05, 4.69) is 69.2 Å². The predicted octanol–water partition coefficient (Wildman–Crippen LogP) is 5.68. The molecule has 122 valence electrons. The van der Waals surface area contributed by atoms with Crippen molar-refractivity contribution >= 4 is 26.9 Å². The summed E-state index contributed by atoms with van der Waals surface area (Å²) in [5, 5.41) is 1.40. The van der Waals surface area contributed by atoms with Crippen LogP contribution in [-0.2, 0) is 0 Å². The molecule has 0 saturated heterocycles. The largest absolute Gasteiger partial charge is 0.206 e. The normalized spacial score (nSPS) is 13.3. The zero-order chi connectivity index (χ0) is 17.3. The average Bonchev–Trinajstić information content (AvgIpc) is 2.44. The van der Waals surface area contributed by atoms with Crippen molar-refractivity contribution in [1.82, 2.24) is 0 Å². The van der Waals surface area contributed by atoms with Crippen LogP contribution in [-0.4, -0.2) is 16.1 Å². The molecule has 2 aromatic rings. The van der Waals surface area contributed by atoms with Gasteiger partial charge in [0.1, 0.15) is 5.82 Å². The average molecular weight is 343 g/mol. The molecule has 0 heterocycles. The molecular formula is C20H27FSi2. The number of benzene rings is 2. The van der Waals surface area contributed by atoms with E-state index in [4.69, 9.17) is 0 Å². The van der Waals surface area contributed by atoms with E-state index in [-0.39, 0.29) is 5.82 Å². The lowest BCUT2D eigenvalue weighted by Crippen LogP contribution is -2.40. The van der Waals surface area contributed by atoms with Crippen LogP contribution in [0.4, 0.5) is 4.39 Å². The van der Waals surface area contributed by atoms with Crippen molar-refractivity contribution < 1.29 is 4.39 Å². The second-order valence-corrected chi connectivity index (χ2v) is 18.3. The Bertz CT molecular complexity index is 719. The topological polar surface area (TPSA) is 0 Å². The van der Waals surface area contributed by atoms with E-state index in [0.29, 0.717) is 0 Å². The second kappa shape index (κ2) is 6.58. The molecule has 0 unspecified atom stereocenters. The van der Waals surface area contributed by atoms with Crippen LogP contribution < -0.4 is 5.19 Å². The van der Waals surface area contributed by atoms with Crippen LogP contribution in [0.2, 0.25) is 39.3 Å². The molecule has 0 atom stereocenters. The van der Waals surface area contributed by atoms with Gasteiger partial charge in [-0.2, -0.15) is 0 Å². The summed E-state index contributed by atoms with van der Waals surface area (Å²) in [5.41, 5.74) is 5.34. The van der Waals surface area contributed by atoms with Crippen molar-refractivity contribution in [3.63, 3.8) is 0 Å². The maximum absolute atomic E-state index is 14.5. The molecule has 2 rings (SSSR count). The minimum Gasteiger partial charge on any atom is -0.206 e. The van der Waals surface area contributed by atoms with Gasteiger partial charge in [-0.3, -0.25) is 0 Å². The van der Waals surface area contributed by atoms with E-state index < -0.39 is 16.1 Å². The SMILES string of the molecule is C[Si](C)(C)C=C(c1ccccc1F)c1ccccc1[Si](C)(C)C.